The first-order valence-electron chi connectivity index (χ1n) is 8.06. The second-order valence-electron chi connectivity index (χ2n) is 5.65. The molecule has 0 unspecified atom stereocenters. The first-order valence-corrected chi connectivity index (χ1v) is 9.69. The van der Waals surface area contributed by atoms with Crippen LogP contribution in [0.3, 0.4) is 0 Å². The van der Waals surface area contributed by atoms with Crippen molar-refractivity contribution >= 4 is 39.9 Å². The summed E-state index contributed by atoms with van der Waals surface area (Å²) in [6, 6.07) is 14.0. The van der Waals surface area contributed by atoms with Crippen LogP contribution in [-0.4, -0.2) is 16.6 Å². The molecule has 25 heavy (non-hydrogen) atoms. The van der Waals surface area contributed by atoms with Gasteiger partial charge in [-0.25, -0.2) is 0 Å². The lowest BCUT2D eigenvalue weighted by molar-refractivity contribution is 0.722. The Kier molecular flexibility index (Phi) is 4.23. The van der Waals surface area contributed by atoms with Crippen LogP contribution in [0.4, 0.5) is 5.69 Å². The minimum absolute atomic E-state index is 0.0665. The molecule has 0 radical (unpaired) electrons. The van der Waals surface area contributed by atoms with Gasteiger partial charge in [0.2, 0.25) is 0 Å². The molecule has 0 bridgehead atoms. The number of hydrogen-bond donors (Lipinski definition) is 0. The van der Waals surface area contributed by atoms with E-state index in [1.54, 1.807) is 18.0 Å². The van der Waals surface area contributed by atoms with Crippen molar-refractivity contribution in [2.24, 2.45) is 0 Å². The van der Waals surface area contributed by atoms with Gasteiger partial charge in [-0.1, -0.05) is 30.0 Å². The van der Waals surface area contributed by atoms with Crippen molar-refractivity contribution < 1.29 is 0 Å². The van der Waals surface area contributed by atoms with Crippen molar-refractivity contribution in [1.82, 2.24) is 9.55 Å². The molecule has 0 saturated heterocycles. The third kappa shape index (κ3) is 2.81. The van der Waals surface area contributed by atoms with Gasteiger partial charge in [-0.05, 0) is 37.3 Å². The zero-order valence-corrected chi connectivity index (χ0v) is 15.6. The van der Waals surface area contributed by atoms with Crippen molar-refractivity contribution in [3.8, 4) is 0 Å². The van der Waals surface area contributed by atoms with Gasteiger partial charge in [0, 0.05) is 24.7 Å². The normalized spacial score (nSPS) is 16.4. The van der Waals surface area contributed by atoms with Crippen LogP contribution in [-0.2, 0) is 6.54 Å². The van der Waals surface area contributed by atoms with Crippen LogP contribution in [0.15, 0.2) is 58.4 Å². The fourth-order valence-electron chi connectivity index (χ4n) is 2.86. The molecule has 1 aromatic carbocycles. The molecule has 0 atom stereocenters. The van der Waals surface area contributed by atoms with Crippen LogP contribution in [0.1, 0.15) is 12.6 Å². The monoisotopic (exact) mass is 367 g/mol. The fraction of sp³-hybridized carbons (Fsp3) is 0.158. The van der Waals surface area contributed by atoms with Crippen LogP contribution in [0.2, 0.25) is 0 Å². The second kappa shape index (κ2) is 6.54. The van der Waals surface area contributed by atoms with Crippen LogP contribution < -0.4 is 19.7 Å². The summed E-state index contributed by atoms with van der Waals surface area (Å²) in [5.74, 6) is 0. The van der Waals surface area contributed by atoms with Gasteiger partial charge in [0.25, 0.3) is 5.56 Å². The van der Waals surface area contributed by atoms with Gasteiger partial charge in [-0.15, -0.1) is 11.3 Å². The Balaban J connectivity index is 1.94. The molecule has 1 aliphatic heterocycles. The largest absolute Gasteiger partial charge is 0.337 e. The predicted molar refractivity (Wildman–Crippen MR) is 105 cm³/mol. The van der Waals surface area contributed by atoms with Crippen molar-refractivity contribution in [2.75, 3.05) is 11.9 Å². The fourth-order valence-corrected chi connectivity index (χ4v) is 5.32. The first kappa shape index (κ1) is 16.2. The molecule has 3 heterocycles. The first-order chi connectivity index (χ1) is 12.2. The standard InChI is InChI=1S/C19H17N3OS2/c1-3-22-16(12-13-8-6-7-11-20-13)25-17(18(22)23)19-21(2)14-9-4-5-10-15(14)24-19/h4-12H,3H2,1-2H3/b16-12+,19-17?. The van der Waals surface area contributed by atoms with Crippen molar-refractivity contribution in [1.29, 1.82) is 0 Å². The summed E-state index contributed by atoms with van der Waals surface area (Å²) in [4.78, 5) is 20.6. The van der Waals surface area contributed by atoms with Gasteiger partial charge >= 0.3 is 0 Å². The van der Waals surface area contributed by atoms with Gasteiger partial charge < -0.3 is 4.90 Å². The van der Waals surface area contributed by atoms with Crippen molar-refractivity contribution in [2.45, 2.75) is 18.4 Å². The Morgan fingerprint density at radius 1 is 1.16 bits per heavy atom. The van der Waals surface area contributed by atoms with Crippen LogP contribution in [0, 0.1) is 0 Å². The van der Waals surface area contributed by atoms with E-state index in [9.17, 15) is 4.79 Å². The molecule has 2 aromatic heterocycles. The number of aromatic nitrogens is 2. The zero-order valence-electron chi connectivity index (χ0n) is 14.0. The lowest BCUT2D eigenvalue weighted by Gasteiger charge is -2.11. The highest BCUT2D eigenvalue weighted by Gasteiger charge is 2.24. The highest BCUT2D eigenvalue weighted by Crippen LogP contribution is 2.44. The molecule has 6 heteroatoms. The van der Waals surface area contributed by atoms with Gasteiger partial charge in [-0.2, -0.15) is 0 Å². The molecule has 0 amide bonds. The highest BCUT2D eigenvalue weighted by molar-refractivity contribution is 8.08. The molecular formula is C19H17N3OS2. The Morgan fingerprint density at radius 3 is 2.68 bits per heavy atom. The summed E-state index contributed by atoms with van der Waals surface area (Å²) in [7, 11) is 2.02. The maximum absolute atomic E-state index is 13.0. The summed E-state index contributed by atoms with van der Waals surface area (Å²) in [5.41, 5.74) is 2.07. The zero-order chi connectivity index (χ0) is 17.4. The van der Waals surface area contributed by atoms with E-state index in [4.69, 9.17) is 0 Å². The third-order valence-corrected chi connectivity index (χ3v) is 6.60. The van der Waals surface area contributed by atoms with E-state index in [2.05, 4.69) is 22.0 Å². The van der Waals surface area contributed by atoms with E-state index in [0.717, 1.165) is 25.6 Å². The molecule has 4 nitrogen and oxygen atoms in total. The van der Waals surface area contributed by atoms with Crippen molar-refractivity contribution in [3.63, 3.8) is 0 Å². The van der Waals surface area contributed by atoms with E-state index in [-0.39, 0.29) is 5.56 Å². The Hall–Kier alpha value is -2.31. The van der Waals surface area contributed by atoms with Crippen LogP contribution in [0.5, 0.6) is 0 Å². The van der Waals surface area contributed by atoms with Gasteiger partial charge in [-0.3, -0.25) is 14.3 Å². The maximum atomic E-state index is 13.0. The third-order valence-electron chi connectivity index (χ3n) is 4.12. The number of benzene rings is 1. The number of hydrogen-bond acceptors (Lipinski definition) is 5. The number of thiazole rings is 1. The number of para-hydroxylation sites is 1. The molecule has 3 aromatic rings. The highest BCUT2D eigenvalue weighted by atomic mass is 32.2. The summed E-state index contributed by atoms with van der Waals surface area (Å²) in [6.07, 6.45) is 3.74. The lowest BCUT2D eigenvalue weighted by Crippen LogP contribution is -2.33. The summed E-state index contributed by atoms with van der Waals surface area (Å²) in [6.45, 7) is 2.64. The summed E-state index contributed by atoms with van der Waals surface area (Å²) in [5, 5.41) is 0.999. The number of rotatable bonds is 2. The van der Waals surface area contributed by atoms with E-state index < -0.39 is 0 Å². The Bertz CT molecular complexity index is 1100. The smallest absolute Gasteiger partial charge is 0.271 e. The minimum atomic E-state index is 0.0665. The van der Waals surface area contributed by atoms with E-state index in [1.807, 2.05) is 54.9 Å². The number of fused-ring (bicyclic) bond motifs is 1. The minimum Gasteiger partial charge on any atom is -0.337 e. The average Bonchev–Trinajstić information content (AvgIpc) is 3.13. The van der Waals surface area contributed by atoms with Crippen LogP contribution >= 0.6 is 23.1 Å². The lowest BCUT2D eigenvalue weighted by atomic mass is 10.3. The second-order valence-corrected chi connectivity index (χ2v) is 7.71. The van der Waals surface area contributed by atoms with E-state index >= 15 is 0 Å². The molecule has 0 fully saturated rings. The Morgan fingerprint density at radius 2 is 1.96 bits per heavy atom. The molecule has 1 aliphatic rings. The predicted octanol–water partition coefficient (Wildman–Crippen LogP) is 2.46. The average molecular weight is 367 g/mol. The molecule has 4 rings (SSSR count). The van der Waals surface area contributed by atoms with E-state index in [1.165, 1.54) is 16.2 Å². The van der Waals surface area contributed by atoms with Gasteiger partial charge in [0.1, 0.15) is 14.2 Å². The number of pyridine rings is 1. The quantitative estimate of drug-likeness (QED) is 0.697. The molecule has 0 spiro atoms. The van der Waals surface area contributed by atoms with Crippen LogP contribution in [0.25, 0.3) is 11.1 Å². The molecular weight excluding hydrogens is 350 g/mol. The number of nitrogens with zero attached hydrogens (tertiary/aromatic N) is 3. The SMILES string of the molecule is CCn1c(=O)c(=C2Sc3ccccc3N2C)s/c1=C/c1ccccn1. The van der Waals surface area contributed by atoms with E-state index in [0.29, 0.717) is 6.54 Å². The molecule has 0 saturated carbocycles. The maximum Gasteiger partial charge on any atom is 0.271 e. The topological polar surface area (TPSA) is 38.1 Å². The molecule has 0 aliphatic carbocycles. The van der Waals surface area contributed by atoms with Gasteiger partial charge in [0.15, 0.2) is 0 Å². The summed E-state index contributed by atoms with van der Waals surface area (Å²) < 4.78 is 3.53. The summed E-state index contributed by atoms with van der Waals surface area (Å²) >= 11 is 3.19. The van der Waals surface area contributed by atoms with Crippen molar-refractivity contribution in [3.05, 3.63) is 73.9 Å². The Labute approximate surface area is 153 Å². The molecule has 126 valence electrons. The van der Waals surface area contributed by atoms with Gasteiger partial charge in [0.05, 0.1) is 11.4 Å². The number of anilines is 1. The molecule has 0 N–H and O–H groups in total. The number of thioether (sulfide) groups is 1.